The van der Waals surface area contributed by atoms with Crippen LogP contribution in [0, 0.1) is 18.6 Å². The van der Waals surface area contributed by atoms with Gasteiger partial charge in [-0.2, -0.15) is 13.2 Å². The Bertz CT molecular complexity index is 1190. The second kappa shape index (κ2) is 9.30. The summed E-state index contributed by atoms with van der Waals surface area (Å²) in [7, 11) is 1.44. The Morgan fingerprint density at radius 1 is 1.12 bits per heavy atom. The molecular formula is C20H18F5N5O3. The van der Waals surface area contributed by atoms with Gasteiger partial charge in [0.15, 0.2) is 17.4 Å². The minimum atomic E-state index is -5.01. The van der Waals surface area contributed by atoms with Crippen molar-refractivity contribution in [3.63, 3.8) is 0 Å². The molecule has 0 aliphatic heterocycles. The second-order valence-electron chi connectivity index (χ2n) is 6.92. The van der Waals surface area contributed by atoms with E-state index >= 15 is 0 Å². The van der Waals surface area contributed by atoms with E-state index in [0.717, 1.165) is 6.07 Å². The van der Waals surface area contributed by atoms with E-state index in [1.165, 1.54) is 32.4 Å². The van der Waals surface area contributed by atoms with Crippen molar-refractivity contribution in [2.45, 2.75) is 19.1 Å². The molecule has 0 saturated carbocycles. The van der Waals surface area contributed by atoms with Gasteiger partial charge in [0.05, 0.1) is 30.3 Å². The zero-order valence-corrected chi connectivity index (χ0v) is 17.2. The number of carbonyl (C=O) groups is 2. The summed E-state index contributed by atoms with van der Waals surface area (Å²) in [6.45, 7) is 1.11. The monoisotopic (exact) mass is 471 g/mol. The van der Waals surface area contributed by atoms with Gasteiger partial charge < -0.3 is 25.7 Å². The Morgan fingerprint density at radius 2 is 1.82 bits per heavy atom. The molecule has 3 aromatic rings. The number of alkyl halides is 3. The molecule has 0 fully saturated rings. The highest BCUT2D eigenvalue weighted by Crippen LogP contribution is 2.39. The van der Waals surface area contributed by atoms with Gasteiger partial charge in [-0.15, -0.1) is 0 Å². The van der Waals surface area contributed by atoms with Crippen molar-refractivity contribution < 1.29 is 36.0 Å². The molecule has 2 heterocycles. The predicted octanol–water partition coefficient (Wildman–Crippen LogP) is 4.00. The number of amides is 3. The summed E-state index contributed by atoms with van der Waals surface area (Å²) in [5, 5.41) is 8.88. The summed E-state index contributed by atoms with van der Waals surface area (Å²) in [4.78, 5) is 27.4. The molecule has 3 rings (SSSR count). The first-order valence-electron chi connectivity index (χ1n) is 9.41. The third kappa shape index (κ3) is 5.48. The van der Waals surface area contributed by atoms with E-state index in [-0.39, 0.29) is 29.1 Å². The van der Waals surface area contributed by atoms with E-state index in [1.807, 2.05) is 0 Å². The number of hydrogen-bond acceptors (Lipinski definition) is 5. The first kappa shape index (κ1) is 23.8. The molecule has 1 aromatic carbocycles. The molecule has 0 spiro atoms. The average Bonchev–Trinajstić information content (AvgIpc) is 3.06. The number of hydrogen-bond donors (Lipinski definition) is 4. The summed E-state index contributed by atoms with van der Waals surface area (Å²) in [5.41, 5.74) is -0.369. The summed E-state index contributed by atoms with van der Waals surface area (Å²) in [6.07, 6.45) is -2.49. The number of fused-ring (bicyclic) bond motifs is 1. The van der Waals surface area contributed by atoms with Crippen molar-refractivity contribution in [3.05, 3.63) is 53.6 Å². The van der Waals surface area contributed by atoms with Crippen LogP contribution in [0.4, 0.5) is 38.1 Å². The lowest BCUT2D eigenvalue weighted by Gasteiger charge is -2.21. The van der Waals surface area contributed by atoms with Gasteiger partial charge in [0.25, 0.3) is 0 Å². The van der Waals surface area contributed by atoms with Crippen molar-refractivity contribution in [1.29, 1.82) is 0 Å². The van der Waals surface area contributed by atoms with Crippen molar-refractivity contribution in [2.75, 3.05) is 24.2 Å². The molecule has 1 atom stereocenters. The SMILES string of the molecule is CNC(=O)CNc1cncc(NC(=O)N[C@@H](c2oc3c(F)cc(F)cc3c2C)C(F)(F)F)c1. The lowest BCUT2D eigenvalue weighted by atomic mass is 10.1. The number of furan rings is 1. The van der Waals surface area contributed by atoms with Gasteiger partial charge in [0.1, 0.15) is 11.6 Å². The molecule has 3 amide bonds. The molecule has 0 unspecified atom stereocenters. The second-order valence-corrected chi connectivity index (χ2v) is 6.92. The van der Waals surface area contributed by atoms with Crippen LogP contribution in [-0.2, 0) is 4.79 Å². The maximum atomic E-state index is 14.0. The fourth-order valence-corrected chi connectivity index (χ4v) is 3.01. The van der Waals surface area contributed by atoms with Crippen LogP contribution in [-0.4, -0.2) is 36.7 Å². The molecule has 0 aliphatic carbocycles. The van der Waals surface area contributed by atoms with Gasteiger partial charge in [0.2, 0.25) is 5.91 Å². The normalized spacial score (nSPS) is 12.3. The Kier molecular flexibility index (Phi) is 6.70. The largest absolute Gasteiger partial charge is 0.455 e. The van der Waals surface area contributed by atoms with Crippen LogP contribution in [0.15, 0.2) is 35.0 Å². The van der Waals surface area contributed by atoms with Gasteiger partial charge in [-0.1, -0.05) is 0 Å². The van der Waals surface area contributed by atoms with E-state index < -0.39 is 41.2 Å². The van der Waals surface area contributed by atoms with E-state index in [2.05, 4.69) is 20.9 Å². The Labute approximate surface area is 183 Å². The van der Waals surface area contributed by atoms with Crippen LogP contribution in [0.1, 0.15) is 17.4 Å². The number of rotatable bonds is 6. The highest BCUT2D eigenvalue weighted by molar-refractivity contribution is 5.90. The fourth-order valence-electron chi connectivity index (χ4n) is 3.01. The van der Waals surface area contributed by atoms with Crippen molar-refractivity contribution in [2.24, 2.45) is 0 Å². The summed E-state index contributed by atoms with van der Waals surface area (Å²) >= 11 is 0. The molecule has 33 heavy (non-hydrogen) atoms. The van der Waals surface area contributed by atoms with Crippen molar-refractivity contribution in [3.8, 4) is 0 Å². The minimum Gasteiger partial charge on any atom is -0.455 e. The smallest absolute Gasteiger partial charge is 0.416 e. The standard InChI is InChI=1S/C20H18F5N5O3/c1-9-13-3-10(21)4-14(22)17(13)33-16(9)18(20(23,24)25)30-19(32)29-12-5-11(6-27-7-12)28-8-15(31)26-2/h3-7,18,28H,8H2,1-2H3,(H,26,31)(H2,29,30,32)/t18-/m0/s1. The quantitative estimate of drug-likeness (QED) is 0.407. The number of carbonyl (C=O) groups excluding carboxylic acids is 2. The molecule has 2 aromatic heterocycles. The number of aryl methyl sites for hydroxylation is 1. The number of anilines is 2. The van der Waals surface area contributed by atoms with Crippen LogP contribution < -0.4 is 21.3 Å². The predicted molar refractivity (Wildman–Crippen MR) is 109 cm³/mol. The van der Waals surface area contributed by atoms with Crippen molar-refractivity contribution in [1.82, 2.24) is 15.6 Å². The third-order valence-electron chi connectivity index (χ3n) is 4.59. The van der Waals surface area contributed by atoms with Crippen LogP contribution in [0.5, 0.6) is 0 Å². The number of halogens is 5. The number of aromatic nitrogens is 1. The van der Waals surface area contributed by atoms with E-state index in [9.17, 15) is 31.5 Å². The number of nitrogens with one attached hydrogen (secondary N) is 4. The summed E-state index contributed by atoms with van der Waals surface area (Å²) < 4.78 is 73.7. The number of likely N-dealkylation sites (N-methyl/N-ethyl adjacent to an activating group) is 1. The number of benzene rings is 1. The van der Waals surface area contributed by atoms with Gasteiger partial charge in [-0.05, 0) is 19.1 Å². The highest BCUT2D eigenvalue weighted by atomic mass is 19.4. The minimum absolute atomic E-state index is 0.0322. The first-order chi connectivity index (χ1) is 15.5. The molecule has 4 N–H and O–H groups in total. The topological polar surface area (TPSA) is 108 Å². The van der Waals surface area contributed by atoms with Gasteiger partial charge in [0, 0.05) is 24.1 Å². The summed E-state index contributed by atoms with van der Waals surface area (Å²) in [6, 6.07) is -1.22. The van der Waals surface area contributed by atoms with Crippen LogP contribution in [0.2, 0.25) is 0 Å². The Balaban J connectivity index is 1.82. The average molecular weight is 471 g/mol. The first-order valence-corrected chi connectivity index (χ1v) is 9.41. The highest BCUT2D eigenvalue weighted by Gasteiger charge is 2.45. The maximum absolute atomic E-state index is 14.0. The molecule has 0 aliphatic rings. The van der Waals surface area contributed by atoms with Gasteiger partial charge in [-0.25, -0.2) is 13.6 Å². The Hall–Kier alpha value is -3.90. The van der Waals surface area contributed by atoms with Crippen LogP contribution in [0.3, 0.4) is 0 Å². The molecule has 13 heteroatoms. The van der Waals surface area contributed by atoms with E-state index in [4.69, 9.17) is 4.42 Å². The lowest BCUT2D eigenvalue weighted by Crippen LogP contribution is -2.40. The van der Waals surface area contributed by atoms with E-state index in [0.29, 0.717) is 11.8 Å². The Morgan fingerprint density at radius 3 is 2.48 bits per heavy atom. The third-order valence-corrected chi connectivity index (χ3v) is 4.59. The number of urea groups is 1. The molecule has 0 bridgehead atoms. The summed E-state index contributed by atoms with van der Waals surface area (Å²) in [5.74, 6) is -3.26. The van der Waals surface area contributed by atoms with Gasteiger partial charge >= 0.3 is 12.2 Å². The zero-order valence-electron chi connectivity index (χ0n) is 17.2. The lowest BCUT2D eigenvalue weighted by molar-refractivity contribution is -0.158. The van der Waals surface area contributed by atoms with Crippen molar-refractivity contribution >= 4 is 34.3 Å². The zero-order chi connectivity index (χ0) is 24.3. The molecule has 0 saturated heterocycles. The number of pyridine rings is 1. The maximum Gasteiger partial charge on any atom is 0.416 e. The fraction of sp³-hybridized carbons (Fsp3) is 0.250. The number of nitrogens with zero attached hydrogens (tertiary/aromatic N) is 1. The van der Waals surface area contributed by atoms with Crippen LogP contribution >= 0.6 is 0 Å². The van der Waals surface area contributed by atoms with Gasteiger partial charge in [-0.3, -0.25) is 9.78 Å². The molecule has 8 nitrogen and oxygen atoms in total. The molecular weight excluding hydrogens is 453 g/mol. The van der Waals surface area contributed by atoms with E-state index in [1.54, 1.807) is 5.32 Å². The molecule has 0 radical (unpaired) electrons. The van der Waals surface area contributed by atoms with Crippen LogP contribution in [0.25, 0.3) is 11.0 Å². The molecule has 176 valence electrons.